The van der Waals surface area contributed by atoms with E-state index in [9.17, 15) is 4.79 Å². The van der Waals surface area contributed by atoms with Gasteiger partial charge in [-0.1, -0.05) is 54.6 Å². The van der Waals surface area contributed by atoms with E-state index in [1.165, 1.54) is 5.56 Å². The number of nitrogens with zero attached hydrogens (tertiary/aromatic N) is 1. The highest BCUT2D eigenvalue weighted by Crippen LogP contribution is 2.30. The zero-order chi connectivity index (χ0) is 22.6. The maximum atomic E-state index is 13.2. The van der Waals surface area contributed by atoms with Crippen LogP contribution in [0.3, 0.4) is 0 Å². The molecule has 1 aliphatic heterocycles. The van der Waals surface area contributed by atoms with Gasteiger partial charge in [0.25, 0.3) is 5.91 Å². The summed E-state index contributed by atoms with van der Waals surface area (Å²) in [7, 11) is 0. The van der Waals surface area contributed by atoms with E-state index in [-0.39, 0.29) is 5.91 Å². The normalized spacial score (nSPS) is 14.5. The van der Waals surface area contributed by atoms with E-state index in [0.717, 1.165) is 53.7 Å². The zero-order valence-corrected chi connectivity index (χ0v) is 18.7. The fraction of sp³-hybridized carbons (Fsp3) is 0.250. The molecule has 5 rings (SSSR count). The first-order valence-corrected chi connectivity index (χ1v) is 11.6. The van der Waals surface area contributed by atoms with Crippen molar-refractivity contribution in [1.29, 1.82) is 0 Å². The van der Waals surface area contributed by atoms with Crippen LogP contribution in [0.15, 0.2) is 78.9 Å². The van der Waals surface area contributed by atoms with Crippen LogP contribution in [0.2, 0.25) is 0 Å². The largest absolute Gasteiger partial charge is 0.489 e. The van der Waals surface area contributed by atoms with E-state index in [4.69, 9.17) is 10.5 Å². The van der Waals surface area contributed by atoms with Gasteiger partial charge in [-0.3, -0.25) is 4.79 Å². The van der Waals surface area contributed by atoms with Gasteiger partial charge in [0.2, 0.25) is 0 Å². The number of hydrogen-bond acceptors (Lipinski definition) is 3. The first-order chi connectivity index (χ1) is 16.2. The highest BCUT2D eigenvalue weighted by molar-refractivity contribution is 5.98. The van der Waals surface area contributed by atoms with E-state index in [1.807, 2.05) is 59.5 Å². The fourth-order valence-electron chi connectivity index (χ4n) is 4.62. The summed E-state index contributed by atoms with van der Waals surface area (Å²) in [5, 5.41) is 0.984. The SMILES string of the molecule is NCc1cccc(C2CCN(C(=O)c3cc4cc(OCc5ccccc5)ccc4[nH]3)CC2)c1. The molecule has 0 atom stereocenters. The number of carbonyl (C=O) groups is 1. The Bertz CT molecular complexity index is 1240. The Labute approximate surface area is 194 Å². The lowest BCUT2D eigenvalue weighted by molar-refractivity contribution is 0.0708. The van der Waals surface area contributed by atoms with Crippen molar-refractivity contribution >= 4 is 16.8 Å². The van der Waals surface area contributed by atoms with E-state index < -0.39 is 0 Å². The van der Waals surface area contributed by atoms with Crippen LogP contribution in [0.5, 0.6) is 5.75 Å². The van der Waals surface area contributed by atoms with Gasteiger partial charge in [0.15, 0.2) is 0 Å². The van der Waals surface area contributed by atoms with E-state index in [2.05, 4.69) is 29.2 Å². The maximum Gasteiger partial charge on any atom is 0.270 e. The van der Waals surface area contributed by atoms with Gasteiger partial charge in [-0.15, -0.1) is 0 Å². The van der Waals surface area contributed by atoms with E-state index in [0.29, 0.717) is 24.8 Å². The Kier molecular flexibility index (Phi) is 6.13. The minimum Gasteiger partial charge on any atom is -0.489 e. The second-order valence-corrected chi connectivity index (χ2v) is 8.72. The first kappa shape index (κ1) is 21.3. The van der Waals surface area contributed by atoms with Crippen molar-refractivity contribution in [3.8, 4) is 5.75 Å². The number of rotatable bonds is 6. The average molecular weight is 440 g/mol. The van der Waals surface area contributed by atoms with Crippen molar-refractivity contribution in [2.45, 2.75) is 31.9 Å². The van der Waals surface area contributed by atoms with Gasteiger partial charge in [-0.05, 0) is 59.7 Å². The molecular formula is C28H29N3O2. The van der Waals surface area contributed by atoms with Crippen molar-refractivity contribution in [2.75, 3.05) is 13.1 Å². The third kappa shape index (κ3) is 4.78. The number of nitrogens with one attached hydrogen (secondary N) is 1. The van der Waals surface area contributed by atoms with Gasteiger partial charge in [-0.2, -0.15) is 0 Å². The molecule has 1 aliphatic rings. The van der Waals surface area contributed by atoms with Crippen LogP contribution in [0.4, 0.5) is 0 Å². The number of aromatic nitrogens is 1. The predicted molar refractivity (Wildman–Crippen MR) is 131 cm³/mol. The van der Waals surface area contributed by atoms with E-state index >= 15 is 0 Å². The third-order valence-corrected chi connectivity index (χ3v) is 6.51. The first-order valence-electron chi connectivity index (χ1n) is 11.6. The number of fused-ring (bicyclic) bond motifs is 1. The third-order valence-electron chi connectivity index (χ3n) is 6.51. The maximum absolute atomic E-state index is 13.2. The summed E-state index contributed by atoms with van der Waals surface area (Å²) in [4.78, 5) is 18.4. The second-order valence-electron chi connectivity index (χ2n) is 8.72. The molecule has 3 aromatic carbocycles. The summed E-state index contributed by atoms with van der Waals surface area (Å²) in [6, 6.07) is 26.5. The van der Waals surface area contributed by atoms with Crippen molar-refractivity contribution in [3.05, 3.63) is 101 Å². The molecular weight excluding hydrogens is 410 g/mol. The molecule has 0 spiro atoms. The van der Waals surface area contributed by atoms with Gasteiger partial charge in [0.05, 0.1) is 0 Å². The van der Waals surface area contributed by atoms with Gasteiger partial charge < -0.3 is 20.4 Å². The van der Waals surface area contributed by atoms with Gasteiger partial charge in [0, 0.05) is 30.5 Å². The number of H-pyrrole nitrogens is 1. The van der Waals surface area contributed by atoms with Crippen molar-refractivity contribution < 1.29 is 9.53 Å². The highest BCUT2D eigenvalue weighted by atomic mass is 16.5. The quantitative estimate of drug-likeness (QED) is 0.432. The monoisotopic (exact) mass is 439 g/mol. The summed E-state index contributed by atoms with van der Waals surface area (Å²) in [5.41, 5.74) is 11.0. The molecule has 0 unspecified atom stereocenters. The number of carbonyl (C=O) groups excluding carboxylic acids is 1. The van der Waals surface area contributed by atoms with Crippen molar-refractivity contribution in [2.24, 2.45) is 5.73 Å². The summed E-state index contributed by atoms with van der Waals surface area (Å²) in [6.07, 6.45) is 1.94. The Morgan fingerprint density at radius 1 is 0.939 bits per heavy atom. The summed E-state index contributed by atoms with van der Waals surface area (Å²) in [6.45, 7) is 2.60. The Balaban J connectivity index is 1.23. The van der Waals surface area contributed by atoms with E-state index in [1.54, 1.807) is 0 Å². The number of nitrogens with two attached hydrogens (primary N) is 1. The molecule has 1 fully saturated rings. The van der Waals surface area contributed by atoms with Gasteiger partial charge in [0.1, 0.15) is 18.1 Å². The van der Waals surface area contributed by atoms with Gasteiger partial charge >= 0.3 is 0 Å². The standard InChI is InChI=1S/C28H29N3O2/c29-18-21-7-4-8-23(15-21)22-11-13-31(14-12-22)28(32)27-17-24-16-25(9-10-26(24)30-27)33-19-20-5-2-1-3-6-20/h1-10,15-17,22,30H,11-14,18-19,29H2. The Hall–Kier alpha value is -3.57. The smallest absolute Gasteiger partial charge is 0.270 e. The number of likely N-dealkylation sites (tertiary alicyclic amines) is 1. The molecule has 1 saturated heterocycles. The van der Waals surface area contributed by atoms with Crippen molar-refractivity contribution in [3.63, 3.8) is 0 Å². The minimum absolute atomic E-state index is 0.0621. The molecule has 0 bridgehead atoms. The van der Waals surface area contributed by atoms with Crippen LogP contribution in [-0.4, -0.2) is 28.9 Å². The molecule has 0 saturated carbocycles. The molecule has 33 heavy (non-hydrogen) atoms. The topological polar surface area (TPSA) is 71.3 Å². The van der Waals surface area contributed by atoms with Crippen LogP contribution in [-0.2, 0) is 13.2 Å². The summed E-state index contributed by atoms with van der Waals surface area (Å²) in [5.74, 6) is 1.34. The van der Waals surface area contributed by atoms with Crippen LogP contribution >= 0.6 is 0 Å². The van der Waals surface area contributed by atoms with Crippen LogP contribution in [0, 0.1) is 0 Å². The molecule has 4 aromatic rings. The fourth-order valence-corrected chi connectivity index (χ4v) is 4.62. The predicted octanol–water partition coefficient (Wildman–Crippen LogP) is 5.23. The lowest BCUT2D eigenvalue weighted by Crippen LogP contribution is -2.38. The molecule has 0 radical (unpaired) electrons. The summed E-state index contributed by atoms with van der Waals surface area (Å²) < 4.78 is 5.94. The van der Waals surface area contributed by atoms with Gasteiger partial charge in [-0.25, -0.2) is 0 Å². The molecule has 1 amide bonds. The number of aromatic amines is 1. The molecule has 2 heterocycles. The Morgan fingerprint density at radius 3 is 2.52 bits per heavy atom. The number of amides is 1. The molecule has 168 valence electrons. The molecule has 3 N–H and O–H groups in total. The number of benzene rings is 3. The lowest BCUT2D eigenvalue weighted by atomic mass is 9.88. The summed E-state index contributed by atoms with van der Waals surface area (Å²) >= 11 is 0. The lowest BCUT2D eigenvalue weighted by Gasteiger charge is -2.32. The average Bonchev–Trinajstić information content (AvgIpc) is 3.31. The van der Waals surface area contributed by atoms with Crippen molar-refractivity contribution in [1.82, 2.24) is 9.88 Å². The minimum atomic E-state index is 0.0621. The molecule has 5 nitrogen and oxygen atoms in total. The molecule has 0 aliphatic carbocycles. The zero-order valence-electron chi connectivity index (χ0n) is 18.7. The number of piperidine rings is 1. The Morgan fingerprint density at radius 2 is 1.73 bits per heavy atom. The molecule has 1 aromatic heterocycles. The molecule has 5 heteroatoms. The van der Waals surface area contributed by atoms with Crippen LogP contribution in [0.1, 0.15) is 45.9 Å². The van der Waals surface area contributed by atoms with Crippen LogP contribution in [0.25, 0.3) is 10.9 Å². The number of ether oxygens (including phenoxy) is 1. The van der Waals surface area contributed by atoms with Crippen LogP contribution < -0.4 is 10.5 Å². The number of hydrogen-bond donors (Lipinski definition) is 2. The second kappa shape index (κ2) is 9.51. The highest BCUT2D eigenvalue weighted by Gasteiger charge is 2.25.